The summed E-state index contributed by atoms with van der Waals surface area (Å²) in [5.74, 6) is 0. The molecule has 0 amide bonds. The number of hydrogen-bond acceptors (Lipinski definition) is 2. The van der Waals surface area contributed by atoms with E-state index in [2.05, 4.69) is 41.1 Å². The molecule has 1 aliphatic rings. The lowest BCUT2D eigenvalue weighted by atomic mass is 10.4. The molecule has 0 aromatic carbocycles. The van der Waals surface area contributed by atoms with Crippen LogP contribution in [-0.4, -0.2) is 21.5 Å². The van der Waals surface area contributed by atoms with Crippen LogP contribution >= 0.6 is 16.1 Å². The van der Waals surface area contributed by atoms with Gasteiger partial charge in [-0.3, -0.25) is 3.93 Å². The van der Waals surface area contributed by atoms with Crippen LogP contribution in [0.3, 0.4) is 0 Å². The third kappa shape index (κ3) is 1.61. The van der Waals surface area contributed by atoms with Gasteiger partial charge < -0.3 is 4.90 Å². The van der Waals surface area contributed by atoms with Crippen molar-refractivity contribution in [1.29, 1.82) is 0 Å². The molecule has 0 spiro atoms. The predicted molar refractivity (Wildman–Crippen MR) is 41.7 cm³/mol. The van der Waals surface area contributed by atoms with Crippen LogP contribution in [0.4, 0.5) is 0 Å². The third-order valence-corrected chi connectivity index (χ3v) is 1.84. The molecular formula is C6H11BrN2. The van der Waals surface area contributed by atoms with Crippen LogP contribution in [0.15, 0.2) is 12.4 Å². The lowest BCUT2D eigenvalue weighted by Gasteiger charge is -2.20. The smallest absolute Gasteiger partial charge is 0.100 e. The van der Waals surface area contributed by atoms with Crippen molar-refractivity contribution in [1.82, 2.24) is 8.83 Å². The van der Waals surface area contributed by atoms with Crippen molar-refractivity contribution >= 4 is 16.1 Å². The lowest BCUT2D eigenvalue weighted by molar-refractivity contribution is 0.294. The molecule has 3 heteroatoms. The van der Waals surface area contributed by atoms with Gasteiger partial charge in [-0.05, 0) is 13.8 Å². The first-order valence-corrected chi connectivity index (χ1v) is 3.77. The van der Waals surface area contributed by atoms with Gasteiger partial charge in [-0.2, -0.15) is 0 Å². The molecule has 52 valence electrons. The average Bonchev–Trinajstić information content (AvgIpc) is 2.14. The Hall–Kier alpha value is -0.180. The van der Waals surface area contributed by atoms with Crippen LogP contribution < -0.4 is 0 Å². The standard InChI is InChI=1S/C6H11BrN2/c1-6(2)8-3-4-9(7)5-8/h3-4,6H,5H2,1-2H3. The normalized spacial score (nSPS) is 18.2. The first-order valence-electron chi connectivity index (χ1n) is 3.06. The summed E-state index contributed by atoms with van der Waals surface area (Å²) in [6.45, 7) is 5.31. The summed E-state index contributed by atoms with van der Waals surface area (Å²) in [5.41, 5.74) is 0. The van der Waals surface area contributed by atoms with Gasteiger partial charge in [-0.15, -0.1) is 0 Å². The van der Waals surface area contributed by atoms with Crippen molar-refractivity contribution in [3.63, 3.8) is 0 Å². The first kappa shape index (κ1) is 6.93. The molecule has 1 rings (SSSR count). The van der Waals surface area contributed by atoms with E-state index in [-0.39, 0.29) is 0 Å². The molecule has 9 heavy (non-hydrogen) atoms. The molecule has 0 radical (unpaired) electrons. The number of rotatable bonds is 1. The number of nitrogens with zero attached hydrogens (tertiary/aromatic N) is 2. The van der Waals surface area contributed by atoms with Crippen LogP contribution in [0.25, 0.3) is 0 Å². The fourth-order valence-corrected chi connectivity index (χ4v) is 1.11. The summed E-state index contributed by atoms with van der Waals surface area (Å²) in [7, 11) is 0. The fraction of sp³-hybridized carbons (Fsp3) is 0.667. The van der Waals surface area contributed by atoms with Crippen molar-refractivity contribution in [2.75, 3.05) is 6.67 Å². The van der Waals surface area contributed by atoms with Gasteiger partial charge in [0, 0.05) is 18.4 Å². The zero-order chi connectivity index (χ0) is 6.85. The Labute approximate surface area is 64.5 Å². The molecule has 0 saturated heterocycles. The molecule has 1 aliphatic heterocycles. The van der Waals surface area contributed by atoms with Gasteiger partial charge in [0.15, 0.2) is 0 Å². The molecule has 0 aromatic heterocycles. The van der Waals surface area contributed by atoms with Crippen molar-refractivity contribution < 1.29 is 0 Å². The van der Waals surface area contributed by atoms with Gasteiger partial charge in [0.2, 0.25) is 0 Å². The van der Waals surface area contributed by atoms with Crippen molar-refractivity contribution in [2.45, 2.75) is 19.9 Å². The van der Waals surface area contributed by atoms with Crippen LogP contribution in [0.2, 0.25) is 0 Å². The van der Waals surface area contributed by atoms with Gasteiger partial charge >= 0.3 is 0 Å². The Morgan fingerprint density at radius 1 is 1.44 bits per heavy atom. The second-order valence-corrected chi connectivity index (χ2v) is 3.36. The topological polar surface area (TPSA) is 6.48 Å². The summed E-state index contributed by atoms with van der Waals surface area (Å²) in [5, 5.41) is 0. The number of halogens is 1. The highest BCUT2D eigenvalue weighted by Gasteiger charge is 2.11. The van der Waals surface area contributed by atoms with Gasteiger partial charge in [0.1, 0.15) is 6.67 Å². The molecule has 1 heterocycles. The Balaban J connectivity index is 2.41. The molecule has 2 nitrogen and oxygen atoms in total. The molecule has 0 bridgehead atoms. The lowest BCUT2D eigenvalue weighted by Crippen LogP contribution is -2.26. The second kappa shape index (κ2) is 2.60. The van der Waals surface area contributed by atoms with Crippen LogP contribution in [-0.2, 0) is 0 Å². The van der Waals surface area contributed by atoms with Crippen LogP contribution in [0, 0.1) is 0 Å². The fourth-order valence-electron chi connectivity index (χ4n) is 0.744. The van der Waals surface area contributed by atoms with Gasteiger partial charge in [0.25, 0.3) is 0 Å². The van der Waals surface area contributed by atoms with Crippen molar-refractivity contribution in [3.05, 3.63) is 12.4 Å². The van der Waals surface area contributed by atoms with Crippen LogP contribution in [0.1, 0.15) is 13.8 Å². The van der Waals surface area contributed by atoms with E-state index >= 15 is 0 Å². The Morgan fingerprint density at radius 3 is 2.33 bits per heavy atom. The zero-order valence-electron chi connectivity index (χ0n) is 5.71. The van der Waals surface area contributed by atoms with E-state index in [0.29, 0.717) is 6.04 Å². The minimum atomic E-state index is 0.601. The second-order valence-electron chi connectivity index (χ2n) is 2.45. The maximum atomic E-state index is 3.35. The molecule has 0 aliphatic carbocycles. The summed E-state index contributed by atoms with van der Waals surface area (Å²) in [6.07, 6.45) is 4.10. The SMILES string of the molecule is CC(C)N1C=CN(Br)C1. The maximum absolute atomic E-state index is 3.35. The van der Waals surface area contributed by atoms with E-state index in [1.807, 2.05) is 10.1 Å². The summed E-state index contributed by atoms with van der Waals surface area (Å²) in [4.78, 5) is 2.24. The molecule has 0 aromatic rings. The minimum Gasteiger partial charge on any atom is -0.355 e. The Bertz CT molecular complexity index is 122. The number of hydrogen-bond donors (Lipinski definition) is 0. The maximum Gasteiger partial charge on any atom is 0.100 e. The monoisotopic (exact) mass is 190 g/mol. The van der Waals surface area contributed by atoms with E-state index < -0.39 is 0 Å². The van der Waals surface area contributed by atoms with Gasteiger partial charge in [-0.1, -0.05) is 0 Å². The highest BCUT2D eigenvalue weighted by Crippen LogP contribution is 2.12. The average molecular weight is 191 g/mol. The molecular weight excluding hydrogens is 180 g/mol. The highest BCUT2D eigenvalue weighted by atomic mass is 79.9. The van der Waals surface area contributed by atoms with E-state index in [1.165, 1.54) is 0 Å². The van der Waals surface area contributed by atoms with E-state index in [9.17, 15) is 0 Å². The largest absolute Gasteiger partial charge is 0.355 e. The molecule has 0 fully saturated rings. The predicted octanol–water partition coefficient (Wildman–Crippen LogP) is 1.75. The summed E-state index contributed by atoms with van der Waals surface area (Å²) >= 11 is 3.35. The zero-order valence-corrected chi connectivity index (χ0v) is 7.30. The van der Waals surface area contributed by atoms with E-state index in [1.54, 1.807) is 0 Å². The molecule has 0 saturated carbocycles. The minimum absolute atomic E-state index is 0.601. The molecule has 0 atom stereocenters. The summed E-state index contributed by atoms with van der Waals surface area (Å²) in [6, 6.07) is 0.601. The van der Waals surface area contributed by atoms with E-state index in [4.69, 9.17) is 0 Å². The summed E-state index contributed by atoms with van der Waals surface area (Å²) < 4.78 is 1.98. The highest BCUT2D eigenvalue weighted by molar-refractivity contribution is 9.07. The Morgan fingerprint density at radius 2 is 2.11 bits per heavy atom. The molecule has 0 N–H and O–H groups in total. The molecule has 0 unspecified atom stereocenters. The quantitative estimate of drug-likeness (QED) is 0.582. The first-order chi connectivity index (χ1) is 4.20. The van der Waals surface area contributed by atoms with Gasteiger partial charge in [-0.25, -0.2) is 0 Å². The van der Waals surface area contributed by atoms with Gasteiger partial charge in [0.05, 0.1) is 16.1 Å². The third-order valence-electron chi connectivity index (χ3n) is 1.38. The van der Waals surface area contributed by atoms with E-state index in [0.717, 1.165) is 6.67 Å². The Kier molecular flexibility index (Phi) is 2.01. The van der Waals surface area contributed by atoms with Crippen LogP contribution in [0.5, 0.6) is 0 Å². The van der Waals surface area contributed by atoms with Crippen molar-refractivity contribution in [3.8, 4) is 0 Å². The van der Waals surface area contributed by atoms with Crippen molar-refractivity contribution in [2.24, 2.45) is 0 Å².